The summed E-state index contributed by atoms with van der Waals surface area (Å²) in [6, 6.07) is 13.2. The molecule has 0 saturated heterocycles. The van der Waals surface area contributed by atoms with Crippen molar-refractivity contribution >= 4 is 33.4 Å². The normalized spacial score (nSPS) is 12.6. The lowest BCUT2D eigenvalue weighted by Crippen LogP contribution is -1.99. The summed E-state index contributed by atoms with van der Waals surface area (Å²) in [5, 5.41) is 6.71. The lowest BCUT2D eigenvalue weighted by Gasteiger charge is -2.08. The van der Waals surface area contributed by atoms with Gasteiger partial charge in [0.2, 0.25) is 0 Å². The molecule has 3 aromatic rings. The Morgan fingerprint density at radius 2 is 1.75 bits per heavy atom. The first kappa shape index (κ1) is 8.15. The fourth-order valence-corrected chi connectivity index (χ4v) is 2.72. The van der Waals surface area contributed by atoms with E-state index < -0.39 is 0 Å². The zero-order valence-corrected chi connectivity index (χ0v) is 9.04. The molecular weight excluding hydrogens is 192 g/mol. The molecule has 1 aliphatic carbocycles. The van der Waals surface area contributed by atoms with Crippen LogP contribution < -0.4 is 5.22 Å². The molecule has 0 spiro atoms. The highest BCUT2D eigenvalue weighted by molar-refractivity contribution is 6.15. The van der Waals surface area contributed by atoms with Crippen LogP contribution in [0.2, 0.25) is 0 Å². The van der Waals surface area contributed by atoms with Gasteiger partial charge in [-0.05, 0) is 46.4 Å². The van der Waals surface area contributed by atoms with Crippen LogP contribution in [-0.4, -0.2) is 0 Å². The van der Waals surface area contributed by atoms with Gasteiger partial charge in [-0.25, -0.2) is 0 Å². The van der Waals surface area contributed by atoms with Gasteiger partial charge in [0.1, 0.15) is 0 Å². The summed E-state index contributed by atoms with van der Waals surface area (Å²) >= 11 is 0. The zero-order valence-electron chi connectivity index (χ0n) is 9.04. The van der Waals surface area contributed by atoms with Crippen molar-refractivity contribution in [1.29, 1.82) is 0 Å². The van der Waals surface area contributed by atoms with Crippen LogP contribution in [0.25, 0.3) is 33.4 Å². The van der Waals surface area contributed by atoms with E-state index >= 15 is 0 Å². The Kier molecular flexibility index (Phi) is 1.30. The average molecular weight is 202 g/mol. The molecule has 0 N–H and O–H groups in total. The fourth-order valence-electron chi connectivity index (χ4n) is 2.72. The first-order chi connectivity index (χ1) is 7.84. The number of rotatable bonds is 0. The first-order valence-corrected chi connectivity index (χ1v) is 5.56. The van der Waals surface area contributed by atoms with Crippen LogP contribution >= 0.6 is 0 Å². The van der Waals surface area contributed by atoms with Crippen LogP contribution in [0, 0.1) is 6.92 Å². The number of aryl methyl sites for hydroxylation is 1. The highest BCUT2D eigenvalue weighted by atomic mass is 14.1. The molecule has 0 radical (unpaired) electrons. The largest absolute Gasteiger partial charge is 0.112 e. The molecule has 74 valence electrons. The lowest BCUT2D eigenvalue weighted by molar-refractivity contribution is 1.54. The van der Waals surface area contributed by atoms with Crippen molar-refractivity contribution in [2.75, 3.05) is 0 Å². The van der Waals surface area contributed by atoms with Gasteiger partial charge in [-0.3, -0.25) is 0 Å². The molecule has 3 aromatic carbocycles. The lowest BCUT2D eigenvalue weighted by atomic mass is 9.95. The minimum Gasteiger partial charge on any atom is -0.112 e. The maximum Gasteiger partial charge on any atom is 0.0250 e. The van der Waals surface area contributed by atoms with Crippen LogP contribution in [0.1, 0.15) is 11.1 Å². The van der Waals surface area contributed by atoms with Gasteiger partial charge in [0.05, 0.1) is 0 Å². The van der Waals surface area contributed by atoms with Crippen molar-refractivity contribution in [1.82, 2.24) is 0 Å². The van der Waals surface area contributed by atoms with E-state index in [0.29, 0.717) is 0 Å². The van der Waals surface area contributed by atoms with Gasteiger partial charge in [0, 0.05) is 10.6 Å². The predicted octanol–water partition coefficient (Wildman–Crippen LogP) is 3.43. The summed E-state index contributed by atoms with van der Waals surface area (Å²) in [6.07, 6.45) is 2.09. The van der Waals surface area contributed by atoms with Gasteiger partial charge < -0.3 is 0 Å². The monoisotopic (exact) mass is 202 g/mol. The minimum absolute atomic E-state index is 1.23. The Bertz CT molecular complexity index is 831. The van der Waals surface area contributed by atoms with E-state index in [2.05, 4.69) is 55.1 Å². The van der Waals surface area contributed by atoms with Crippen molar-refractivity contribution in [3.05, 3.63) is 52.7 Å². The quantitative estimate of drug-likeness (QED) is 0.410. The van der Waals surface area contributed by atoms with Crippen LogP contribution in [0.4, 0.5) is 0 Å². The average Bonchev–Trinajstić information content (AvgIpc) is 2.73. The molecule has 0 nitrogen and oxygen atoms in total. The third kappa shape index (κ3) is 0.816. The van der Waals surface area contributed by atoms with Crippen molar-refractivity contribution in [2.24, 2.45) is 0 Å². The summed E-state index contributed by atoms with van der Waals surface area (Å²) in [7, 11) is 0. The Hall–Kier alpha value is -2.04. The second kappa shape index (κ2) is 2.55. The van der Waals surface area contributed by atoms with Crippen LogP contribution in [-0.2, 0) is 0 Å². The third-order valence-corrected chi connectivity index (χ3v) is 3.55. The van der Waals surface area contributed by atoms with E-state index in [4.69, 9.17) is 0 Å². The zero-order chi connectivity index (χ0) is 10.7. The smallest absolute Gasteiger partial charge is 0.0250 e. The molecule has 0 heteroatoms. The molecule has 0 heterocycles. The topological polar surface area (TPSA) is 0 Å². The van der Waals surface area contributed by atoms with E-state index in [1.165, 1.54) is 37.9 Å². The molecule has 0 saturated carbocycles. The van der Waals surface area contributed by atoms with Gasteiger partial charge in [-0.1, -0.05) is 30.3 Å². The fraction of sp³-hybridized carbons (Fsp3) is 0.0625. The molecule has 0 amide bonds. The van der Waals surface area contributed by atoms with Crippen molar-refractivity contribution in [3.8, 4) is 0 Å². The molecule has 0 atom stereocenters. The van der Waals surface area contributed by atoms with Crippen LogP contribution in [0.3, 0.4) is 0 Å². The Morgan fingerprint density at radius 1 is 0.875 bits per heavy atom. The summed E-state index contributed by atoms with van der Waals surface area (Å²) in [6.45, 7) is 2.18. The summed E-state index contributed by atoms with van der Waals surface area (Å²) in [5.74, 6) is 0. The summed E-state index contributed by atoms with van der Waals surface area (Å²) in [4.78, 5) is 0. The van der Waals surface area contributed by atoms with E-state index in [-0.39, 0.29) is 0 Å². The standard InChI is InChI=1S/C16H10/c1-10-2-3-13-7-6-11-4-5-12-8-9-14(10)16(13)15(11)12/h2-4,6-9H,1H3. The summed E-state index contributed by atoms with van der Waals surface area (Å²) < 4.78 is 0. The van der Waals surface area contributed by atoms with Gasteiger partial charge in [0.15, 0.2) is 0 Å². The van der Waals surface area contributed by atoms with Crippen molar-refractivity contribution < 1.29 is 0 Å². The van der Waals surface area contributed by atoms with Crippen molar-refractivity contribution in [2.45, 2.75) is 6.92 Å². The van der Waals surface area contributed by atoms with Crippen LogP contribution in [0.5, 0.6) is 0 Å². The predicted molar refractivity (Wildman–Crippen MR) is 69.3 cm³/mol. The maximum atomic E-state index is 3.33. The number of hydrogen-bond acceptors (Lipinski definition) is 0. The van der Waals surface area contributed by atoms with E-state index in [0.717, 1.165) is 0 Å². The highest BCUT2D eigenvalue weighted by Crippen LogP contribution is 2.30. The van der Waals surface area contributed by atoms with Gasteiger partial charge >= 0.3 is 0 Å². The highest BCUT2D eigenvalue weighted by Gasteiger charge is 2.10. The van der Waals surface area contributed by atoms with E-state index in [9.17, 15) is 0 Å². The number of benzene rings is 3. The third-order valence-electron chi connectivity index (χ3n) is 3.55. The molecule has 0 unspecified atom stereocenters. The molecule has 0 aromatic heterocycles. The second-order valence-corrected chi connectivity index (χ2v) is 4.46. The minimum atomic E-state index is 1.23. The van der Waals surface area contributed by atoms with Gasteiger partial charge in [-0.2, -0.15) is 0 Å². The number of hydrogen-bond donors (Lipinski definition) is 0. The van der Waals surface area contributed by atoms with E-state index in [1.54, 1.807) is 0 Å². The molecule has 4 rings (SSSR count). The first-order valence-electron chi connectivity index (χ1n) is 5.56. The summed E-state index contributed by atoms with van der Waals surface area (Å²) in [5.41, 5.74) is 5.99. The van der Waals surface area contributed by atoms with Gasteiger partial charge in [0.25, 0.3) is 0 Å². The van der Waals surface area contributed by atoms with E-state index in [1.807, 2.05) is 0 Å². The molecule has 0 aliphatic heterocycles. The molecule has 1 aliphatic rings. The Morgan fingerprint density at radius 3 is 2.69 bits per heavy atom. The molecular formula is C16H10. The molecule has 16 heavy (non-hydrogen) atoms. The molecule has 0 bridgehead atoms. The maximum absolute atomic E-state index is 3.33. The second-order valence-electron chi connectivity index (χ2n) is 4.46. The SMILES string of the molecule is Cc1ccc2ccc3c4c(ccc1c24)=C=C3. The Balaban J connectivity index is 2.50. The van der Waals surface area contributed by atoms with Crippen molar-refractivity contribution in [3.63, 3.8) is 0 Å². The van der Waals surface area contributed by atoms with Gasteiger partial charge in [-0.15, -0.1) is 5.73 Å². The Labute approximate surface area is 93.5 Å². The van der Waals surface area contributed by atoms with Crippen LogP contribution in [0.15, 0.2) is 36.4 Å². The molecule has 0 fully saturated rings.